The molecule has 1 amide bonds. The first kappa shape index (κ1) is 21.9. The largest absolute Gasteiger partial charge is 0.357 e. The molecule has 2 aromatic rings. The highest BCUT2D eigenvalue weighted by molar-refractivity contribution is 7.11. The number of aryl methyl sites for hydroxylation is 2. The van der Waals surface area contributed by atoms with Crippen LogP contribution >= 0.6 is 11.3 Å². The number of hydrogen-bond donors (Lipinski definition) is 2. The number of thiazole rings is 1. The van der Waals surface area contributed by atoms with Gasteiger partial charge in [0.05, 0.1) is 12.2 Å². The number of carbonyl (C=O) groups excluding carboxylic acids is 1. The van der Waals surface area contributed by atoms with E-state index in [1.807, 2.05) is 18.7 Å². The lowest BCUT2D eigenvalue weighted by atomic mass is 10.3. The summed E-state index contributed by atoms with van der Waals surface area (Å²) in [6.07, 6.45) is 3.92. The van der Waals surface area contributed by atoms with Gasteiger partial charge >= 0.3 is 0 Å². The highest BCUT2D eigenvalue weighted by Gasteiger charge is 2.22. The minimum absolute atomic E-state index is 0.151. The van der Waals surface area contributed by atoms with Crippen molar-refractivity contribution in [2.24, 2.45) is 4.99 Å². The molecule has 0 aromatic carbocycles. The number of anilines is 1. The molecule has 1 saturated heterocycles. The van der Waals surface area contributed by atoms with Crippen molar-refractivity contribution in [3.8, 4) is 0 Å². The van der Waals surface area contributed by atoms with Crippen LogP contribution in [0, 0.1) is 13.8 Å². The Bertz CT molecular complexity index is 826. The molecule has 0 bridgehead atoms. The van der Waals surface area contributed by atoms with Crippen LogP contribution in [0.25, 0.3) is 0 Å². The van der Waals surface area contributed by atoms with Crippen LogP contribution in [0.5, 0.6) is 0 Å². The third-order valence-electron chi connectivity index (χ3n) is 4.89. The quantitative estimate of drug-likeness (QED) is 0.505. The van der Waals surface area contributed by atoms with Gasteiger partial charge in [0.1, 0.15) is 5.01 Å². The number of carbonyl (C=O) groups is 1. The maximum absolute atomic E-state index is 12.6. The minimum Gasteiger partial charge on any atom is -0.357 e. The SMILES string of the molecule is CCNC(=NCc1nc(C)c(C)s1)NCCC(=O)N1CCN(c2ncccn2)CC1. The van der Waals surface area contributed by atoms with Gasteiger partial charge in [-0.05, 0) is 26.8 Å². The molecule has 0 aliphatic carbocycles. The number of nitrogens with one attached hydrogen (secondary N) is 2. The van der Waals surface area contributed by atoms with Crippen LogP contribution in [0.3, 0.4) is 0 Å². The molecule has 0 atom stereocenters. The van der Waals surface area contributed by atoms with E-state index in [4.69, 9.17) is 0 Å². The van der Waals surface area contributed by atoms with Crippen LogP contribution in [0.1, 0.15) is 28.9 Å². The van der Waals surface area contributed by atoms with E-state index in [1.54, 1.807) is 29.8 Å². The molecular formula is C20H30N8OS. The zero-order chi connectivity index (χ0) is 21.3. The summed E-state index contributed by atoms with van der Waals surface area (Å²) in [5, 5.41) is 7.48. The number of hydrogen-bond acceptors (Lipinski definition) is 7. The summed E-state index contributed by atoms with van der Waals surface area (Å²) in [6, 6.07) is 1.81. The molecule has 1 fully saturated rings. The van der Waals surface area contributed by atoms with Crippen molar-refractivity contribution in [1.29, 1.82) is 0 Å². The average molecular weight is 431 g/mol. The van der Waals surface area contributed by atoms with Gasteiger partial charge in [0, 0.05) is 63.0 Å². The molecule has 1 aliphatic rings. The minimum atomic E-state index is 0.151. The predicted molar refractivity (Wildman–Crippen MR) is 120 cm³/mol. The van der Waals surface area contributed by atoms with E-state index in [-0.39, 0.29) is 5.91 Å². The molecule has 10 heteroatoms. The highest BCUT2D eigenvalue weighted by atomic mass is 32.1. The Kier molecular flexibility index (Phi) is 7.95. The number of piperazine rings is 1. The van der Waals surface area contributed by atoms with E-state index >= 15 is 0 Å². The van der Waals surface area contributed by atoms with Gasteiger partial charge in [0.2, 0.25) is 11.9 Å². The lowest BCUT2D eigenvalue weighted by Gasteiger charge is -2.34. The summed E-state index contributed by atoms with van der Waals surface area (Å²) in [6.45, 7) is 10.8. The molecule has 0 unspecified atom stereocenters. The molecule has 1 aliphatic heterocycles. The Labute approximate surface area is 181 Å². The van der Waals surface area contributed by atoms with E-state index in [0.29, 0.717) is 38.6 Å². The van der Waals surface area contributed by atoms with E-state index in [0.717, 1.165) is 36.3 Å². The first-order valence-electron chi connectivity index (χ1n) is 10.3. The number of amides is 1. The summed E-state index contributed by atoms with van der Waals surface area (Å²) in [5.41, 5.74) is 1.06. The van der Waals surface area contributed by atoms with Gasteiger partial charge in [-0.15, -0.1) is 11.3 Å². The van der Waals surface area contributed by atoms with Crippen molar-refractivity contribution in [3.05, 3.63) is 34.0 Å². The van der Waals surface area contributed by atoms with Gasteiger partial charge in [0.15, 0.2) is 5.96 Å². The number of aromatic nitrogens is 3. The van der Waals surface area contributed by atoms with Crippen LogP contribution in [0.15, 0.2) is 23.5 Å². The topological polar surface area (TPSA) is 98.6 Å². The van der Waals surface area contributed by atoms with Crippen molar-refractivity contribution in [1.82, 2.24) is 30.5 Å². The molecule has 30 heavy (non-hydrogen) atoms. The Morgan fingerprint density at radius 3 is 2.53 bits per heavy atom. The van der Waals surface area contributed by atoms with Crippen LogP contribution in [0.2, 0.25) is 0 Å². The number of nitrogens with zero attached hydrogens (tertiary/aromatic N) is 6. The zero-order valence-electron chi connectivity index (χ0n) is 17.9. The molecule has 0 spiro atoms. The van der Waals surface area contributed by atoms with Gasteiger partial charge in [-0.25, -0.2) is 19.9 Å². The second-order valence-corrected chi connectivity index (χ2v) is 8.33. The fourth-order valence-corrected chi connectivity index (χ4v) is 4.01. The van der Waals surface area contributed by atoms with Gasteiger partial charge in [-0.1, -0.05) is 0 Å². The Morgan fingerprint density at radius 2 is 1.90 bits per heavy atom. The molecule has 162 valence electrons. The average Bonchev–Trinajstić information content (AvgIpc) is 3.10. The van der Waals surface area contributed by atoms with Crippen LogP contribution in [-0.2, 0) is 11.3 Å². The first-order valence-corrected chi connectivity index (χ1v) is 11.1. The predicted octanol–water partition coefficient (Wildman–Crippen LogP) is 1.34. The molecule has 9 nitrogen and oxygen atoms in total. The summed E-state index contributed by atoms with van der Waals surface area (Å²) < 4.78 is 0. The number of aliphatic imine (C=N–C) groups is 1. The van der Waals surface area contributed by atoms with Gasteiger partial charge in [0.25, 0.3) is 0 Å². The molecule has 3 rings (SSSR count). The summed E-state index contributed by atoms with van der Waals surface area (Å²) in [5.74, 6) is 1.59. The van der Waals surface area contributed by atoms with Crippen LogP contribution in [0.4, 0.5) is 5.95 Å². The van der Waals surface area contributed by atoms with Crippen molar-refractivity contribution >= 4 is 29.2 Å². The third kappa shape index (κ3) is 6.12. The third-order valence-corrected chi connectivity index (χ3v) is 5.95. The normalized spacial score (nSPS) is 14.7. The molecular weight excluding hydrogens is 400 g/mol. The van der Waals surface area contributed by atoms with Crippen molar-refractivity contribution < 1.29 is 4.79 Å². The van der Waals surface area contributed by atoms with E-state index in [9.17, 15) is 4.79 Å². The van der Waals surface area contributed by atoms with Crippen molar-refractivity contribution in [2.45, 2.75) is 33.7 Å². The van der Waals surface area contributed by atoms with E-state index in [2.05, 4.69) is 42.4 Å². The zero-order valence-corrected chi connectivity index (χ0v) is 18.7. The molecule has 0 radical (unpaired) electrons. The Hall–Kier alpha value is -2.75. The Balaban J connectivity index is 1.42. The second kappa shape index (κ2) is 10.9. The molecule has 2 N–H and O–H groups in total. The molecule has 2 aromatic heterocycles. The second-order valence-electron chi connectivity index (χ2n) is 7.04. The lowest BCUT2D eigenvalue weighted by molar-refractivity contribution is -0.131. The summed E-state index contributed by atoms with van der Waals surface area (Å²) in [4.78, 5) is 35.5. The maximum Gasteiger partial charge on any atom is 0.225 e. The maximum atomic E-state index is 12.6. The first-order chi connectivity index (χ1) is 14.6. The molecule has 3 heterocycles. The lowest BCUT2D eigenvalue weighted by Crippen LogP contribution is -2.50. The summed E-state index contributed by atoms with van der Waals surface area (Å²) >= 11 is 1.67. The van der Waals surface area contributed by atoms with Crippen LogP contribution < -0.4 is 15.5 Å². The smallest absolute Gasteiger partial charge is 0.225 e. The summed E-state index contributed by atoms with van der Waals surface area (Å²) in [7, 11) is 0. The van der Waals surface area contributed by atoms with Gasteiger partial charge < -0.3 is 20.4 Å². The molecule has 0 saturated carbocycles. The number of guanidine groups is 1. The van der Waals surface area contributed by atoms with Crippen molar-refractivity contribution in [3.63, 3.8) is 0 Å². The Morgan fingerprint density at radius 1 is 1.17 bits per heavy atom. The fourth-order valence-electron chi connectivity index (χ4n) is 3.15. The van der Waals surface area contributed by atoms with Crippen LogP contribution in [-0.4, -0.2) is 71.0 Å². The van der Waals surface area contributed by atoms with E-state index in [1.165, 1.54) is 4.88 Å². The fraction of sp³-hybridized carbons (Fsp3) is 0.550. The standard InChI is InChI=1S/C20H30N8OS/c1-4-21-19(25-14-17-26-15(2)16(3)30-17)22-9-6-18(29)27-10-12-28(13-11-27)20-23-7-5-8-24-20/h5,7-8H,4,6,9-14H2,1-3H3,(H2,21,22,25). The van der Waals surface area contributed by atoms with Gasteiger partial charge in [-0.3, -0.25) is 4.79 Å². The van der Waals surface area contributed by atoms with Gasteiger partial charge in [-0.2, -0.15) is 0 Å². The van der Waals surface area contributed by atoms with E-state index < -0.39 is 0 Å². The highest BCUT2D eigenvalue weighted by Crippen LogP contribution is 2.17. The monoisotopic (exact) mass is 430 g/mol. The number of rotatable bonds is 7. The van der Waals surface area contributed by atoms with Crippen molar-refractivity contribution in [2.75, 3.05) is 44.2 Å².